The fourth-order valence-corrected chi connectivity index (χ4v) is 5.43. The van der Waals surface area contributed by atoms with E-state index in [2.05, 4.69) is 0 Å². The Morgan fingerprint density at radius 3 is 0.500 bits per heavy atom. The molecule has 16 nitrogen and oxygen atoms in total. The van der Waals surface area contributed by atoms with Gasteiger partial charge in [0.05, 0.1) is 34.0 Å². The number of nitrogen functional groups attached to an aromatic ring is 4. The van der Waals surface area contributed by atoms with E-state index < -0.39 is 80.5 Å². The van der Waals surface area contributed by atoms with Crippen LogP contribution in [-0.2, 0) is 0 Å². The summed E-state index contributed by atoms with van der Waals surface area (Å²) in [5, 5.41) is 40.3. The van der Waals surface area contributed by atoms with Gasteiger partial charge in [-0.1, -0.05) is 0 Å². The zero-order chi connectivity index (χ0) is 49.2. The van der Waals surface area contributed by atoms with E-state index in [9.17, 15) is 75.6 Å². The van der Waals surface area contributed by atoms with Crippen LogP contribution in [-0.4, -0.2) is 19.7 Å². The largest absolute Gasteiger partial charge is 0.399 e. The monoisotopic (exact) mass is 1360 g/mol. The van der Waals surface area contributed by atoms with Gasteiger partial charge in [0.25, 0.3) is 22.7 Å². The summed E-state index contributed by atoms with van der Waals surface area (Å²) in [4.78, 5) is 38.5. The maximum Gasteiger partial charge on any atom is 0.269 e. The number of nitro groups is 4. The second-order valence-corrected chi connectivity index (χ2v) is 15.5. The van der Waals surface area contributed by atoms with Gasteiger partial charge in [0.15, 0.2) is 46.5 Å². The molecule has 6 aromatic rings. The average Bonchev–Trinajstić information content (AvgIpc) is 3.26. The van der Waals surface area contributed by atoms with Gasteiger partial charge in [-0.05, 0) is 139 Å². The summed E-state index contributed by atoms with van der Waals surface area (Å²) in [5.41, 5.74) is 23.6. The molecule has 0 fully saturated rings. The minimum atomic E-state index is -1.35. The summed E-state index contributed by atoms with van der Waals surface area (Å²) in [6.45, 7) is 0. The van der Waals surface area contributed by atoms with Crippen molar-refractivity contribution in [3.63, 3.8) is 0 Å². The molecule has 0 aliphatic heterocycles. The van der Waals surface area contributed by atoms with E-state index in [1.165, 1.54) is 187 Å². The Balaban J connectivity index is 0.000000385. The van der Waals surface area contributed by atoms with Gasteiger partial charge in [0, 0.05) is 71.3 Å². The second-order valence-electron chi connectivity index (χ2n) is 11.2. The number of nitro benzene ring substituents is 4. The van der Waals surface area contributed by atoms with Crippen LogP contribution in [0.1, 0.15) is 0 Å². The van der Waals surface area contributed by atoms with E-state index >= 15 is 0 Å². The van der Waals surface area contributed by atoms with Gasteiger partial charge in [-0.2, -0.15) is 0 Å². The van der Waals surface area contributed by atoms with Crippen molar-refractivity contribution >= 4 is 136 Å². The van der Waals surface area contributed by atoms with Crippen LogP contribution in [0.5, 0.6) is 0 Å². The zero-order valence-electron chi connectivity index (χ0n) is 31.1. The van der Waals surface area contributed by atoms with E-state index in [4.69, 9.17) is 22.9 Å². The van der Waals surface area contributed by atoms with Gasteiger partial charge in [-0.3, -0.25) is 40.5 Å². The van der Waals surface area contributed by atoms with E-state index in [0.29, 0.717) is 22.7 Å². The number of anilines is 4. The van der Waals surface area contributed by atoms with Crippen molar-refractivity contribution in [2.24, 2.45) is 0 Å². The van der Waals surface area contributed by atoms with Gasteiger partial charge in [-0.15, -0.1) is 0 Å². The lowest BCUT2D eigenvalue weighted by molar-refractivity contribution is -0.385. The molecule has 0 radical (unpaired) electrons. The number of benzene rings is 6. The van der Waals surface area contributed by atoms with Crippen molar-refractivity contribution < 1.29 is 54.8 Å². The van der Waals surface area contributed by atoms with Crippen molar-refractivity contribution in [2.75, 3.05) is 22.9 Å². The molecule has 0 unspecified atom stereocenters. The Bertz CT molecular complexity index is 2090. The Morgan fingerprint density at radius 2 is 0.406 bits per heavy atom. The molecule has 64 heavy (non-hydrogen) atoms. The molecule has 0 aliphatic rings. The fourth-order valence-electron chi connectivity index (χ4n) is 3.54. The third-order valence-corrected chi connectivity index (χ3v) is 10.5. The predicted molar refractivity (Wildman–Crippen MR) is 253 cm³/mol. The van der Waals surface area contributed by atoms with E-state index in [1.807, 2.05) is 0 Å². The molecule has 6 rings (SSSR count). The number of halogens is 12. The Kier molecular flexibility index (Phi) is 23.8. The highest BCUT2D eigenvalue weighted by Gasteiger charge is 2.23. The van der Waals surface area contributed by atoms with Crippen LogP contribution in [0.15, 0.2) is 97.1 Å². The van der Waals surface area contributed by atoms with Gasteiger partial charge >= 0.3 is 0 Å². The molecule has 0 saturated carbocycles. The van der Waals surface area contributed by atoms with Gasteiger partial charge in [-0.25, -0.2) is 35.1 Å². The Labute approximate surface area is 408 Å². The summed E-state index contributed by atoms with van der Waals surface area (Å²) in [6.07, 6.45) is 0. The lowest BCUT2D eigenvalue weighted by Crippen LogP contribution is -2.02. The molecule has 6 aromatic carbocycles. The molecule has 0 amide bonds. The quantitative estimate of drug-likeness (QED) is 0.0244. The number of nitrogens with zero attached hydrogens (tertiary/aromatic N) is 4. The molecular weight excluding hydrogens is 1330 g/mol. The average molecular weight is 1360 g/mol. The summed E-state index contributed by atoms with van der Waals surface area (Å²) < 4.78 is 98.5. The molecule has 0 aromatic heterocycles. The summed E-state index contributed by atoms with van der Waals surface area (Å²) in [6, 6.07) is 22.9. The van der Waals surface area contributed by atoms with Crippen LogP contribution in [0.25, 0.3) is 0 Å². The highest BCUT2D eigenvalue weighted by molar-refractivity contribution is 14.1. The van der Waals surface area contributed by atoms with E-state index in [0.717, 1.165) is 0 Å². The number of non-ortho nitro benzene ring substituents is 4. The topological polar surface area (TPSA) is 277 Å². The smallest absolute Gasteiger partial charge is 0.269 e. The number of nitrogens with two attached hydrogens (primary N) is 4. The van der Waals surface area contributed by atoms with Crippen molar-refractivity contribution in [1.82, 2.24) is 0 Å². The second kappa shape index (κ2) is 27.0. The molecule has 28 heteroatoms. The van der Waals surface area contributed by atoms with Gasteiger partial charge in [0.2, 0.25) is 0 Å². The third kappa shape index (κ3) is 17.9. The standard InChI is InChI=1S/2C6F4I2.4C6H6N2O2/c2*7-1-2(8)6(12)4(10)3(9)5(1)11;4*7-5-1-3-6(4-2-5)8(9)10/h;;4*1-4H,7H2. The van der Waals surface area contributed by atoms with Gasteiger partial charge in [0.1, 0.15) is 0 Å². The van der Waals surface area contributed by atoms with Crippen molar-refractivity contribution in [1.29, 1.82) is 0 Å². The Morgan fingerprint density at radius 1 is 0.297 bits per heavy atom. The first-order chi connectivity index (χ1) is 29.7. The van der Waals surface area contributed by atoms with Crippen LogP contribution < -0.4 is 22.9 Å². The lowest BCUT2D eigenvalue weighted by Gasteiger charge is -2.02. The fraction of sp³-hybridized carbons (Fsp3) is 0. The predicted octanol–water partition coefficient (Wildman–Crippen LogP) is 11.6. The molecule has 8 N–H and O–H groups in total. The SMILES string of the molecule is Fc1c(F)c(I)c(F)c(F)c1I.Fc1c(F)c(I)c(F)c(F)c1I.Nc1ccc([N+](=O)[O-])cc1.Nc1ccc([N+](=O)[O-])cc1.Nc1ccc([N+](=O)[O-])cc1.Nc1ccc([N+](=O)[O-])cc1. The first kappa shape index (κ1) is 56.5. The maximum atomic E-state index is 12.6. The molecule has 0 bridgehead atoms. The van der Waals surface area contributed by atoms with Crippen LogP contribution in [0.2, 0.25) is 0 Å². The Hall–Kier alpha value is -5.52. The molecule has 340 valence electrons. The van der Waals surface area contributed by atoms with Crippen molar-refractivity contribution in [3.05, 3.63) is 198 Å². The molecule has 0 spiro atoms. The molecule has 0 aliphatic carbocycles. The highest BCUT2D eigenvalue weighted by Crippen LogP contribution is 2.27. The molecule has 0 atom stereocenters. The van der Waals surface area contributed by atoms with Crippen LogP contribution in [0, 0.1) is 101 Å². The summed E-state index contributed by atoms with van der Waals surface area (Å²) in [7, 11) is 0. The van der Waals surface area contributed by atoms with Gasteiger partial charge < -0.3 is 22.9 Å². The molecule has 0 heterocycles. The van der Waals surface area contributed by atoms with E-state index in [1.54, 1.807) is 0 Å². The third-order valence-electron chi connectivity index (χ3n) is 6.73. The minimum Gasteiger partial charge on any atom is -0.399 e. The molecular formula is C36H24F8I4N8O8. The first-order valence-electron chi connectivity index (χ1n) is 16.1. The summed E-state index contributed by atoms with van der Waals surface area (Å²) in [5.74, 6) is -10.8. The zero-order valence-corrected chi connectivity index (χ0v) is 39.8. The normalized spacial score (nSPS) is 9.69. The van der Waals surface area contributed by atoms with Crippen LogP contribution >= 0.6 is 90.4 Å². The van der Waals surface area contributed by atoms with Crippen LogP contribution in [0.3, 0.4) is 0 Å². The number of hydrogen-bond donors (Lipinski definition) is 4. The lowest BCUT2D eigenvalue weighted by atomic mass is 10.3. The number of hydrogen-bond acceptors (Lipinski definition) is 12. The van der Waals surface area contributed by atoms with Crippen molar-refractivity contribution in [3.8, 4) is 0 Å². The number of rotatable bonds is 4. The van der Waals surface area contributed by atoms with Crippen LogP contribution in [0.4, 0.5) is 80.6 Å². The minimum absolute atomic E-state index is 0.0641. The highest BCUT2D eigenvalue weighted by atomic mass is 127. The first-order valence-corrected chi connectivity index (χ1v) is 20.4. The summed E-state index contributed by atoms with van der Waals surface area (Å²) >= 11 is 4.81. The van der Waals surface area contributed by atoms with Crippen molar-refractivity contribution in [2.45, 2.75) is 0 Å². The van der Waals surface area contributed by atoms with E-state index in [-0.39, 0.29) is 22.7 Å². The maximum absolute atomic E-state index is 12.6. The molecule has 0 saturated heterocycles.